The Hall–Kier alpha value is -2.28. The van der Waals surface area contributed by atoms with Crippen molar-refractivity contribution in [2.75, 3.05) is 13.2 Å². The molecule has 0 radical (unpaired) electrons. The van der Waals surface area contributed by atoms with Gasteiger partial charge < -0.3 is 10.1 Å². The van der Waals surface area contributed by atoms with Gasteiger partial charge in [-0.15, -0.1) is 10.2 Å². The van der Waals surface area contributed by atoms with Crippen molar-refractivity contribution in [3.8, 4) is 11.4 Å². The number of carbonyl (C=O) groups is 1. The van der Waals surface area contributed by atoms with Crippen LogP contribution < -0.4 is 5.32 Å². The number of ether oxygens (including phenoxy) is 1. The minimum atomic E-state index is -0.0348. The summed E-state index contributed by atoms with van der Waals surface area (Å²) in [6, 6.07) is 7.87. The topological polar surface area (TPSA) is 92.8 Å². The first-order valence-electron chi connectivity index (χ1n) is 7.46. The molecule has 1 saturated heterocycles. The van der Waals surface area contributed by atoms with Gasteiger partial charge in [-0.2, -0.15) is 5.21 Å². The third-order valence-electron chi connectivity index (χ3n) is 4.01. The van der Waals surface area contributed by atoms with Crippen LogP contribution in [0.15, 0.2) is 24.3 Å². The van der Waals surface area contributed by atoms with Crippen LogP contribution in [-0.2, 0) is 16.0 Å². The number of hydrogen-bond donors (Lipinski definition) is 2. The van der Waals surface area contributed by atoms with Gasteiger partial charge >= 0.3 is 0 Å². The molecule has 116 valence electrons. The lowest BCUT2D eigenvalue weighted by molar-refractivity contribution is -0.126. The summed E-state index contributed by atoms with van der Waals surface area (Å²) >= 11 is 0. The molecule has 1 aliphatic heterocycles. The molecule has 1 aliphatic rings. The highest BCUT2D eigenvalue weighted by molar-refractivity contribution is 5.79. The summed E-state index contributed by atoms with van der Waals surface area (Å²) in [5.74, 6) is 0.606. The van der Waals surface area contributed by atoms with Crippen molar-refractivity contribution in [3.63, 3.8) is 0 Å². The monoisotopic (exact) mass is 301 g/mol. The normalized spacial score (nSPS) is 21.0. The SMILES string of the molecule is C[C@@H]1OCC[C@@H]1C(=O)NCCc1ccccc1-c1nn[nH]n1. The first-order chi connectivity index (χ1) is 10.8. The number of hydrogen-bond acceptors (Lipinski definition) is 5. The van der Waals surface area contributed by atoms with Gasteiger partial charge in [0.05, 0.1) is 12.0 Å². The molecule has 1 aromatic carbocycles. The van der Waals surface area contributed by atoms with Crippen LogP contribution in [0.25, 0.3) is 11.4 Å². The Bertz CT molecular complexity index is 629. The van der Waals surface area contributed by atoms with Crippen molar-refractivity contribution in [1.82, 2.24) is 25.9 Å². The number of tetrazole rings is 1. The predicted molar refractivity (Wildman–Crippen MR) is 79.8 cm³/mol. The van der Waals surface area contributed by atoms with Gasteiger partial charge in [-0.1, -0.05) is 24.3 Å². The highest BCUT2D eigenvalue weighted by Gasteiger charge is 2.30. The minimum absolute atomic E-state index is 0.00613. The third kappa shape index (κ3) is 3.14. The fourth-order valence-corrected chi connectivity index (χ4v) is 2.76. The zero-order valence-electron chi connectivity index (χ0n) is 12.5. The molecule has 2 aromatic rings. The third-order valence-corrected chi connectivity index (χ3v) is 4.01. The summed E-state index contributed by atoms with van der Waals surface area (Å²) in [6.45, 7) is 3.19. The lowest BCUT2D eigenvalue weighted by atomic mass is 10.0. The number of aromatic amines is 1. The quantitative estimate of drug-likeness (QED) is 0.857. The van der Waals surface area contributed by atoms with Crippen molar-refractivity contribution in [3.05, 3.63) is 29.8 Å². The Balaban J connectivity index is 1.59. The Morgan fingerprint density at radius 2 is 2.32 bits per heavy atom. The second-order valence-corrected chi connectivity index (χ2v) is 5.40. The van der Waals surface area contributed by atoms with Crippen LogP contribution in [0.2, 0.25) is 0 Å². The number of amides is 1. The number of nitrogens with one attached hydrogen (secondary N) is 2. The number of aromatic nitrogens is 4. The summed E-state index contributed by atoms with van der Waals surface area (Å²) in [5.41, 5.74) is 2.02. The van der Waals surface area contributed by atoms with Gasteiger partial charge in [0.1, 0.15) is 0 Å². The molecule has 1 fully saturated rings. The Kier molecular flexibility index (Phi) is 4.43. The summed E-state index contributed by atoms with van der Waals surface area (Å²) < 4.78 is 5.43. The molecule has 0 aliphatic carbocycles. The maximum Gasteiger partial charge on any atom is 0.225 e. The molecule has 22 heavy (non-hydrogen) atoms. The van der Waals surface area contributed by atoms with Crippen LogP contribution in [0.4, 0.5) is 0 Å². The summed E-state index contributed by atoms with van der Waals surface area (Å²) in [7, 11) is 0. The zero-order chi connectivity index (χ0) is 15.4. The first kappa shape index (κ1) is 14.6. The molecular weight excluding hydrogens is 282 g/mol. The van der Waals surface area contributed by atoms with Crippen LogP contribution in [-0.4, -0.2) is 45.8 Å². The molecule has 0 unspecified atom stereocenters. The molecule has 1 aromatic heterocycles. The number of rotatable bonds is 5. The second kappa shape index (κ2) is 6.65. The van der Waals surface area contributed by atoms with Crippen molar-refractivity contribution in [1.29, 1.82) is 0 Å². The highest BCUT2D eigenvalue weighted by Crippen LogP contribution is 2.21. The molecule has 0 saturated carbocycles. The summed E-state index contributed by atoms with van der Waals surface area (Å²) in [4.78, 5) is 12.1. The van der Waals surface area contributed by atoms with Gasteiger partial charge in [0.2, 0.25) is 11.7 Å². The molecule has 2 N–H and O–H groups in total. The maximum atomic E-state index is 12.1. The fraction of sp³-hybridized carbons (Fsp3) is 0.467. The summed E-state index contributed by atoms with van der Waals surface area (Å²) in [5, 5.41) is 17.1. The molecule has 3 rings (SSSR count). The minimum Gasteiger partial charge on any atom is -0.378 e. The zero-order valence-corrected chi connectivity index (χ0v) is 12.5. The number of H-pyrrole nitrogens is 1. The number of carbonyl (C=O) groups excluding carboxylic acids is 1. The second-order valence-electron chi connectivity index (χ2n) is 5.40. The van der Waals surface area contributed by atoms with E-state index in [1.807, 2.05) is 31.2 Å². The average molecular weight is 301 g/mol. The molecule has 7 nitrogen and oxygen atoms in total. The van der Waals surface area contributed by atoms with E-state index in [-0.39, 0.29) is 17.9 Å². The smallest absolute Gasteiger partial charge is 0.225 e. The van der Waals surface area contributed by atoms with Crippen LogP contribution in [0.3, 0.4) is 0 Å². The lowest BCUT2D eigenvalue weighted by Crippen LogP contribution is -2.35. The van der Waals surface area contributed by atoms with Gasteiger partial charge in [-0.3, -0.25) is 4.79 Å². The van der Waals surface area contributed by atoms with Gasteiger partial charge in [-0.25, -0.2) is 0 Å². The maximum absolute atomic E-state index is 12.1. The van der Waals surface area contributed by atoms with Crippen molar-refractivity contribution in [2.45, 2.75) is 25.9 Å². The van der Waals surface area contributed by atoms with E-state index < -0.39 is 0 Å². The molecule has 1 amide bonds. The van der Waals surface area contributed by atoms with Crippen molar-refractivity contribution in [2.24, 2.45) is 5.92 Å². The molecule has 2 heterocycles. The fourth-order valence-electron chi connectivity index (χ4n) is 2.76. The highest BCUT2D eigenvalue weighted by atomic mass is 16.5. The Morgan fingerprint density at radius 3 is 3.05 bits per heavy atom. The van der Waals surface area contributed by atoms with Crippen LogP contribution in [0, 0.1) is 5.92 Å². The molecule has 0 bridgehead atoms. The van der Waals surface area contributed by atoms with Gasteiger partial charge in [0.25, 0.3) is 0 Å². The standard InChI is InChI=1S/C15H19N5O2/c1-10-12(7-9-22-10)15(21)16-8-6-11-4-2-3-5-13(11)14-17-19-20-18-14/h2-5,10,12H,6-9H2,1H3,(H,16,21)(H,17,18,19,20)/t10-,12-/m0/s1. The average Bonchev–Trinajstić information content (AvgIpc) is 3.19. The van der Waals surface area contributed by atoms with E-state index in [2.05, 4.69) is 25.9 Å². The van der Waals surface area contributed by atoms with Gasteiger partial charge in [-0.05, 0) is 30.5 Å². The van der Waals surface area contributed by atoms with Crippen LogP contribution in [0.5, 0.6) is 0 Å². The van der Waals surface area contributed by atoms with Gasteiger partial charge in [0.15, 0.2) is 0 Å². The van der Waals surface area contributed by atoms with E-state index in [4.69, 9.17) is 4.74 Å². The molecule has 7 heteroatoms. The van der Waals surface area contributed by atoms with E-state index in [1.165, 1.54) is 0 Å². The summed E-state index contributed by atoms with van der Waals surface area (Å²) in [6.07, 6.45) is 1.52. The van der Waals surface area contributed by atoms with Crippen molar-refractivity contribution < 1.29 is 9.53 Å². The largest absolute Gasteiger partial charge is 0.378 e. The first-order valence-corrected chi connectivity index (χ1v) is 7.46. The Morgan fingerprint density at radius 1 is 1.45 bits per heavy atom. The Labute approximate surface area is 128 Å². The van der Waals surface area contributed by atoms with E-state index in [0.29, 0.717) is 19.0 Å². The van der Waals surface area contributed by atoms with E-state index >= 15 is 0 Å². The van der Waals surface area contributed by atoms with Crippen LogP contribution >= 0.6 is 0 Å². The van der Waals surface area contributed by atoms with Crippen molar-refractivity contribution >= 4 is 5.91 Å². The van der Waals surface area contributed by atoms with E-state index in [1.54, 1.807) is 0 Å². The van der Waals surface area contributed by atoms with Gasteiger partial charge in [0, 0.05) is 18.7 Å². The molecule has 2 atom stereocenters. The lowest BCUT2D eigenvalue weighted by Gasteiger charge is -2.14. The molecule has 0 spiro atoms. The van der Waals surface area contributed by atoms with E-state index in [9.17, 15) is 4.79 Å². The number of nitrogens with zero attached hydrogens (tertiary/aromatic N) is 3. The van der Waals surface area contributed by atoms with E-state index in [0.717, 1.165) is 24.0 Å². The van der Waals surface area contributed by atoms with Crippen LogP contribution in [0.1, 0.15) is 18.9 Å². The predicted octanol–water partition coefficient (Wildman–Crippen LogP) is 0.950. The molecular formula is C15H19N5O2. The number of benzene rings is 1.